The largest absolute Gasteiger partial charge is 0.508 e. The van der Waals surface area contributed by atoms with E-state index in [0.717, 1.165) is 5.82 Å². The molecule has 1 aromatic carbocycles. The quantitative estimate of drug-likeness (QED) is 0.719. The van der Waals surface area contributed by atoms with Gasteiger partial charge in [0, 0.05) is 11.5 Å². The molecule has 0 fully saturated rings. The Morgan fingerprint density at radius 3 is 2.55 bits per heavy atom. The zero-order valence-corrected chi connectivity index (χ0v) is 12.1. The summed E-state index contributed by atoms with van der Waals surface area (Å²) in [6.07, 6.45) is 0. The van der Waals surface area contributed by atoms with Crippen LogP contribution < -0.4 is 0 Å². The molecule has 0 aliphatic rings. The molecule has 2 N–H and O–H groups in total. The van der Waals surface area contributed by atoms with E-state index in [2.05, 4.69) is 15.3 Å². The maximum atomic E-state index is 9.90. The molecule has 0 radical (unpaired) electrons. The summed E-state index contributed by atoms with van der Waals surface area (Å²) in [4.78, 5) is 0.678. The molecule has 6 nitrogen and oxygen atoms in total. The summed E-state index contributed by atoms with van der Waals surface area (Å²) in [7, 11) is 0. The fraction of sp³-hybridized carbons (Fsp3) is 0.308. The summed E-state index contributed by atoms with van der Waals surface area (Å²) >= 11 is 1.34. The van der Waals surface area contributed by atoms with E-state index >= 15 is 0 Å². The zero-order valence-electron chi connectivity index (χ0n) is 11.3. The van der Waals surface area contributed by atoms with Crippen LogP contribution in [-0.2, 0) is 5.41 Å². The van der Waals surface area contributed by atoms with Crippen molar-refractivity contribution in [1.82, 2.24) is 19.8 Å². The van der Waals surface area contributed by atoms with Crippen molar-refractivity contribution in [3.8, 4) is 22.1 Å². The molecule has 7 heteroatoms. The highest BCUT2D eigenvalue weighted by atomic mass is 32.1. The molecule has 0 aliphatic carbocycles. The molecule has 0 aliphatic heterocycles. The van der Waals surface area contributed by atoms with Crippen LogP contribution in [0.2, 0.25) is 0 Å². The number of rotatable bonds is 1. The molecular weight excluding hydrogens is 276 g/mol. The van der Waals surface area contributed by atoms with Gasteiger partial charge in [-0.1, -0.05) is 32.1 Å². The number of fused-ring (bicyclic) bond motifs is 1. The molecular formula is C13H14N4O2S. The van der Waals surface area contributed by atoms with Gasteiger partial charge in [0.1, 0.15) is 11.5 Å². The lowest BCUT2D eigenvalue weighted by atomic mass is 9.96. The number of aromatic hydroxyl groups is 2. The molecule has 20 heavy (non-hydrogen) atoms. The average Bonchev–Trinajstić information content (AvgIpc) is 2.86. The normalized spacial score (nSPS) is 12.2. The van der Waals surface area contributed by atoms with E-state index in [9.17, 15) is 10.2 Å². The minimum absolute atomic E-state index is 0.00716. The molecule has 0 atom stereocenters. The molecule has 2 aromatic heterocycles. The van der Waals surface area contributed by atoms with Crippen LogP contribution in [0.1, 0.15) is 26.6 Å². The molecule has 0 bridgehead atoms. The Bertz CT molecular complexity index is 785. The van der Waals surface area contributed by atoms with Gasteiger partial charge in [-0.15, -0.1) is 10.2 Å². The average molecular weight is 290 g/mol. The Hall–Kier alpha value is -2.15. The fourth-order valence-electron chi connectivity index (χ4n) is 1.89. The van der Waals surface area contributed by atoms with E-state index in [-0.39, 0.29) is 16.9 Å². The number of nitrogens with zero attached hydrogens (tertiary/aromatic N) is 4. The van der Waals surface area contributed by atoms with Gasteiger partial charge in [-0.05, 0) is 12.1 Å². The first-order valence-electron chi connectivity index (χ1n) is 6.11. The molecule has 0 saturated heterocycles. The van der Waals surface area contributed by atoms with E-state index in [1.165, 1.54) is 23.5 Å². The van der Waals surface area contributed by atoms with Crippen molar-refractivity contribution in [3.05, 3.63) is 24.0 Å². The van der Waals surface area contributed by atoms with Gasteiger partial charge in [0.2, 0.25) is 4.96 Å². The van der Waals surface area contributed by atoms with Crippen LogP contribution in [0.25, 0.3) is 15.5 Å². The highest BCUT2D eigenvalue weighted by Crippen LogP contribution is 2.35. The number of aromatic nitrogens is 4. The van der Waals surface area contributed by atoms with Crippen molar-refractivity contribution in [2.45, 2.75) is 26.2 Å². The highest BCUT2D eigenvalue weighted by Gasteiger charge is 2.24. The first-order chi connectivity index (χ1) is 9.36. The minimum atomic E-state index is -0.165. The molecule has 3 rings (SSSR count). The van der Waals surface area contributed by atoms with Crippen LogP contribution in [0.15, 0.2) is 18.2 Å². The van der Waals surface area contributed by atoms with Crippen molar-refractivity contribution >= 4 is 16.3 Å². The smallest absolute Gasteiger partial charge is 0.235 e. The Labute approximate surface area is 119 Å². The third-order valence-corrected chi connectivity index (χ3v) is 3.81. The monoisotopic (exact) mass is 290 g/mol. The topological polar surface area (TPSA) is 83.5 Å². The minimum Gasteiger partial charge on any atom is -0.508 e. The number of phenols is 2. The Balaban J connectivity index is 2.16. The maximum Gasteiger partial charge on any atom is 0.235 e. The highest BCUT2D eigenvalue weighted by molar-refractivity contribution is 7.19. The molecule has 0 spiro atoms. The van der Waals surface area contributed by atoms with Gasteiger partial charge in [-0.2, -0.15) is 9.61 Å². The summed E-state index contributed by atoms with van der Waals surface area (Å²) in [5.74, 6) is 0.783. The van der Waals surface area contributed by atoms with Crippen LogP contribution in [0.3, 0.4) is 0 Å². The Kier molecular flexibility index (Phi) is 2.68. The third kappa shape index (κ3) is 2.00. The first-order valence-corrected chi connectivity index (χ1v) is 6.93. The van der Waals surface area contributed by atoms with Crippen molar-refractivity contribution in [2.75, 3.05) is 0 Å². The molecule has 0 saturated carbocycles. The van der Waals surface area contributed by atoms with E-state index in [1.807, 2.05) is 20.8 Å². The van der Waals surface area contributed by atoms with Gasteiger partial charge in [0.15, 0.2) is 10.8 Å². The second kappa shape index (κ2) is 4.17. The summed E-state index contributed by atoms with van der Waals surface area (Å²) in [5.41, 5.74) is 0.403. The van der Waals surface area contributed by atoms with Crippen molar-refractivity contribution in [1.29, 1.82) is 0 Å². The maximum absolute atomic E-state index is 9.90. The molecule has 2 heterocycles. The summed E-state index contributed by atoms with van der Waals surface area (Å²) in [6.45, 7) is 6.13. The number of phenolic OH excluding ortho intramolecular Hbond substituents is 2. The number of hydrogen-bond donors (Lipinski definition) is 2. The van der Waals surface area contributed by atoms with Gasteiger partial charge in [-0.3, -0.25) is 0 Å². The van der Waals surface area contributed by atoms with Crippen LogP contribution in [-0.4, -0.2) is 30.0 Å². The second-order valence-corrected chi connectivity index (χ2v) is 6.53. The third-order valence-electron chi connectivity index (χ3n) is 2.87. The lowest BCUT2D eigenvalue weighted by molar-refractivity contribution is 0.452. The van der Waals surface area contributed by atoms with Crippen molar-refractivity contribution in [3.63, 3.8) is 0 Å². The van der Waals surface area contributed by atoms with Gasteiger partial charge >= 0.3 is 0 Å². The van der Waals surface area contributed by atoms with E-state index < -0.39 is 0 Å². The Morgan fingerprint density at radius 2 is 1.90 bits per heavy atom. The predicted molar refractivity (Wildman–Crippen MR) is 76.1 cm³/mol. The Morgan fingerprint density at radius 1 is 1.15 bits per heavy atom. The predicted octanol–water partition coefficient (Wildman–Crippen LogP) is 2.56. The number of benzene rings is 1. The fourth-order valence-corrected chi connectivity index (χ4v) is 2.77. The van der Waals surface area contributed by atoms with E-state index in [4.69, 9.17) is 0 Å². The van der Waals surface area contributed by atoms with E-state index in [1.54, 1.807) is 10.6 Å². The van der Waals surface area contributed by atoms with Crippen LogP contribution >= 0.6 is 11.3 Å². The lowest BCUT2D eigenvalue weighted by Gasteiger charge is -2.13. The standard InChI is InChI=1S/C13H14N4O2S/c1-13(2,3)11-14-15-12-17(11)16-10(20-12)8-5-4-7(18)6-9(8)19/h4-6,18-19H,1-3H3. The summed E-state index contributed by atoms with van der Waals surface area (Å²) in [6, 6.07) is 4.44. The van der Waals surface area contributed by atoms with Gasteiger partial charge in [0.25, 0.3) is 0 Å². The van der Waals surface area contributed by atoms with Gasteiger partial charge in [0.05, 0.1) is 5.56 Å². The van der Waals surface area contributed by atoms with Gasteiger partial charge < -0.3 is 10.2 Å². The van der Waals surface area contributed by atoms with E-state index in [0.29, 0.717) is 15.5 Å². The zero-order chi connectivity index (χ0) is 14.5. The molecule has 3 aromatic rings. The van der Waals surface area contributed by atoms with Crippen molar-refractivity contribution < 1.29 is 10.2 Å². The second-order valence-electron chi connectivity index (χ2n) is 5.58. The summed E-state index contributed by atoms with van der Waals surface area (Å²) < 4.78 is 1.70. The molecule has 0 amide bonds. The van der Waals surface area contributed by atoms with Crippen LogP contribution in [0, 0.1) is 0 Å². The first kappa shape index (κ1) is 12.9. The SMILES string of the molecule is CC(C)(C)c1nnc2sc(-c3ccc(O)cc3O)nn12. The lowest BCUT2D eigenvalue weighted by Crippen LogP contribution is -2.16. The molecule has 0 unspecified atom stereocenters. The van der Waals surface area contributed by atoms with Crippen molar-refractivity contribution in [2.24, 2.45) is 0 Å². The van der Waals surface area contributed by atoms with Crippen LogP contribution in [0.5, 0.6) is 11.5 Å². The summed E-state index contributed by atoms with van der Waals surface area (Å²) in [5, 5.41) is 32.6. The molecule has 104 valence electrons. The van der Waals surface area contributed by atoms with Gasteiger partial charge in [-0.25, -0.2) is 0 Å². The van der Waals surface area contributed by atoms with Crippen LogP contribution in [0.4, 0.5) is 0 Å². The number of hydrogen-bond acceptors (Lipinski definition) is 6.